The highest BCUT2D eigenvalue weighted by molar-refractivity contribution is 7.11. The van der Waals surface area contributed by atoms with Crippen LogP contribution in [0.5, 0.6) is 5.19 Å². The number of aromatic carboxylic acids is 1. The molecule has 3 aromatic rings. The molecule has 1 saturated carbocycles. The number of rotatable bonds is 13. The Bertz CT molecular complexity index is 1070. The molecule has 1 N–H and O–H groups in total. The maximum atomic E-state index is 10.8. The Morgan fingerprint density at radius 2 is 1.88 bits per heavy atom. The Balaban J connectivity index is 1.20. The summed E-state index contributed by atoms with van der Waals surface area (Å²) in [4.78, 5) is 14.8. The van der Waals surface area contributed by atoms with E-state index in [0.717, 1.165) is 61.1 Å². The summed E-state index contributed by atoms with van der Waals surface area (Å²) in [5.41, 5.74) is 5.62. The van der Waals surface area contributed by atoms with Crippen molar-refractivity contribution in [2.45, 2.75) is 64.9 Å². The van der Waals surface area contributed by atoms with E-state index in [1.165, 1.54) is 27.8 Å². The molecule has 0 unspecified atom stereocenters. The van der Waals surface area contributed by atoms with Gasteiger partial charge in [0.15, 0.2) is 5.69 Å². The largest absolute Gasteiger partial charge is 0.476 e. The molecule has 1 aliphatic carbocycles. The molecule has 33 heavy (non-hydrogen) atoms. The van der Waals surface area contributed by atoms with Crippen molar-refractivity contribution in [3.8, 4) is 16.5 Å². The number of unbranched alkanes of at least 4 members (excludes halogenated alkanes) is 3. The molecule has 8 heteroatoms. The van der Waals surface area contributed by atoms with Gasteiger partial charge in [-0.3, -0.25) is 0 Å². The molecule has 7 nitrogen and oxygen atoms in total. The Labute approximate surface area is 197 Å². The van der Waals surface area contributed by atoms with E-state index in [2.05, 4.69) is 42.2 Å². The van der Waals surface area contributed by atoms with E-state index in [1.807, 2.05) is 0 Å². The average Bonchev–Trinajstić information content (AvgIpc) is 3.37. The number of carbonyl (C=O) groups is 1. The van der Waals surface area contributed by atoms with Gasteiger partial charge in [-0.05, 0) is 57.1 Å². The van der Waals surface area contributed by atoms with Gasteiger partial charge in [-0.1, -0.05) is 41.1 Å². The predicted octanol–water partition coefficient (Wildman–Crippen LogP) is 6.15. The zero-order chi connectivity index (χ0) is 23.2. The van der Waals surface area contributed by atoms with E-state index in [4.69, 9.17) is 19.1 Å². The van der Waals surface area contributed by atoms with Gasteiger partial charge in [-0.25, -0.2) is 4.79 Å². The smallest absolute Gasteiger partial charge is 0.355 e. The Morgan fingerprint density at radius 3 is 2.55 bits per heavy atom. The van der Waals surface area contributed by atoms with Gasteiger partial charge in [0.2, 0.25) is 0 Å². The normalized spacial score (nSPS) is 13.4. The van der Waals surface area contributed by atoms with Gasteiger partial charge in [0.05, 0.1) is 13.2 Å². The van der Waals surface area contributed by atoms with Crippen molar-refractivity contribution in [2.75, 3.05) is 13.2 Å². The van der Waals surface area contributed by atoms with Crippen LogP contribution in [0.1, 0.15) is 77.4 Å². The zero-order valence-electron chi connectivity index (χ0n) is 19.1. The van der Waals surface area contributed by atoms with Gasteiger partial charge in [0, 0.05) is 29.0 Å². The van der Waals surface area contributed by atoms with Crippen LogP contribution in [0.25, 0.3) is 11.3 Å². The molecule has 0 bridgehead atoms. The topological polar surface area (TPSA) is 94.7 Å². The third-order valence-corrected chi connectivity index (χ3v) is 6.59. The highest BCUT2D eigenvalue weighted by Crippen LogP contribution is 2.44. The number of thiazole rings is 1. The van der Waals surface area contributed by atoms with Gasteiger partial charge >= 0.3 is 5.97 Å². The van der Waals surface area contributed by atoms with Crippen LogP contribution in [0.3, 0.4) is 0 Å². The summed E-state index contributed by atoms with van der Waals surface area (Å²) < 4.78 is 17.3. The van der Waals surface area contributed by atoms with Crippen molar-refractivity contribution >= 4 is 17.3 Å². The van der Waals surface area contributed by atoms with Crippen molar-refractivity contribution in [2.24, 2.45) is 0 Å². The molecule has 0 aliphatic heterocycles. The van der Waals surface area contributed by atoms with Crippen LogP contribution in [-0.2, 0) is 11.3 Å². The molecule has 2 aromatic heterocycles. The maximum absolute atomic E-state index is 10.8. The number of carboxylic acids is 1. The first-order chi connectivity index (χ1) is 16.0. The second-order valence-corrected chi connectivity index (χ2v) is 9.35. The SMILES string of the molecule is Cc1cccc(C)c1-c1noc(C2CC2)c1COCCCCCCOc1nc(C(=O)O)cs1. The minimum Gasteiger partial charge on any atom is -0.476 e. The fourth-order valence-electron chi connectivity index (χ4n) is 3.93. The van der Waals surface area contributed by atoms with Crippen LogP contribution in [0.2, 0.25) is 0 Å². The number of aryl methyl sites for hydroxylation is 2. The summed E-state index contributed by atoms with van der Waals surface area (Å²) in [6.45, 7) is 5.98. The molecule has 0 saturated heterocycles. The monoisotopic (exact) mass is 470 g/mol. The molecule has 1 aromatic carbocycles. The average molecular weight is 471 g/mol. The quantitative estimate of drug-likeness (QED) is 0.300. The molecule has 0 radical (unpaired) electrons. The van der Waals surface area contributed by atoms with Crippen molar-refractivity contribution in [3.05, 3.63) is 51.7 Å². The van der Waals surface area contributed by atoms with Crippen LogP contribution in [0.4, 0.5) is 0 Å². The first-order valence-corrected chi connectivity index (χ1v) is 12.4. The lowest BCUT2D eigenvalue weighted by atomic mass is 9.96. The highest BCUT2D eigenvalue weighted by Gasteiger charge is 2.33. The molecule has 0 amide bonds. The maximum Gasteiger partial charge on any atom is 0.355 e. The Morgan fingerprint density at radius 1 is 1.15 bits per heavy atom. The van der Waals surface area contributed by atoms with Crippen LogP contribution >= 0.6 is 11.3 Å². The summed E-state index contributed by atoms with van der Waals surface area (Å²) in [5, 5.41) is 15.2. The highest BCUT2D eigenvalue weighted by atomic mass is 32.1. The van der Waals surface area contributed by atoms with Crippen LogP contribution in [0.15, 0.2) is 28.1 Å². The summed E-state index contributed by atoms with van der Waals surface area (Å²) in [7, 11) is 0. The summed E-state index contributed by atoms with van der Waals surface area (Å²) in [6, 6.07) is 6.30. The Hall–Kier alpha value is -2.71. The lowest BCUT2D eigenvalue weighted by Crippen LogP contribution is -2.01. The molecule has 4 rings (SSSR count). The van der Waals surface area contributed by atoms with E-state index in [-0.39, 0.29) is 5.69 Å². The number of aromatic nitrogens is 2. The van der Waals surface area contributed by atoms with E-state index in [1.54, 1.807) is 0 Å². The van der Waals surface area contributed by atoms with Crippen LogP contribution < -0.4 is 4.74 Å². The van der Waals surface area contributed by atoms with E-state index < -0.39 is 5.97 Å². The Kier molecular flexibility index (Phi) is 7.77. The number of hydrogen-bond acceptors (Lipinski definition) is 7. The molecular formula is C25H30N2O5S. The third kappa shape index (κ3) is 6.00. The fourth-order valence-corrected chi connectivity index (χ4v) is 4.60. The van der Waals surface area contributed by atoms with Crippen LogP contribution in [0, 0.1) is 13.8 Å². The summed E-state index contributed by atoms with van der Waals surface area (Å²) >= 11 is 1.21. The minimum absolute atomic E-state index is 0.0329. The van der Waals surface area contributed by atoms with Crippen molar-refractivity contribution in [1.29, 1.82) is 0 Å². The molecule has 176 valence electrons. The number of carboxylic acid groups (broad SMARTS) is 1. The van der Waals surface area contributed by atoms with Crippen molar-refractivity contribution < 1.29 is 23.9 Å². The zero-order valence-corrected chi connectivity index (χ0v) is 20.0. The number of ether oxygens (including phenoxy) is 2. The summed E-state index contributed by atoms with van der Waals surface area (Å²) in [6.07, 6.45) is 6.27. The van der Waals surface area contributed by atoms with Crippen molar-refractivity contribution in [1.82, 2.24) is 10.1 Å². The van der Waals surface area contributed by atoms with Gasteiger partial charge in [-0.2, -0.15) is 4.98 Å². The second-order valence-electron chi connectivity index (χ2n) is 8.53. The molecule has 0 atom stereocenters. The van der Waals surface area contributed by atoms with E-state index >= 15 is 0 Å². The van der Waals surface area contributed by atoms with E-state index in [0.29, 0.717) is 30.9 Å². The minimum atomic E-state index is -1.03. The number of benzene rings is 1. The molecular weight excluding hydrogens is 440 g/mol. The number of nitrogens with zero attached hydrogens (tertiary/aromatic N) is 2. The lowest BCUT2D eigenvalue weighted by Gasteiger charge is -2.10. The van der Waals surface area contributed by atoms with Gasteiger partial charge < -0.3 is 19.1 Å². The van der Waals surface area contributed by atoms with Gasteiger partial charge in [-0.15, -0.1) is 0 Å². The fraction of sp³-hybridized carbons (Fsp3) is 0.480. The molecule has 2 heterocycles. The second kappa shape index (κ2) is 10.9. The lowest BCUT2D eigenvalue weighted by molar-refractivity contribution is 0.0690. The standard InChI is InChI=1S/C25H30N2O5S/c1-16-8-7-9-17(2)21(16)22-19(23(32-27-22)18-10-11-18)14-30-12-5-3-4-6-13-31-25-26-20(15-33-25)24(28)29/h7-9,15,18H,3-6,10-14H2,1-2H3,(H,28,29). The molecule has 1 fully saturated rings. The first-order valence-electron chi connectivity index (χ1n) is 11.5. The van der Waals surface area contributed by atoms with Crippen molar-refractivity contribution in [3.63, 3.8) is 0 Å². The van der Waals surface area contributed by atoms with E-state index in [9.17, 15) is 4.79 Å². The summed E-state index contributed by atoms with van der Waals surface area (Å²) in [5.74, 6) is 0.453. The molecule has 0 spiro atoms. The third-order valence-electron chi connectivity index (χ3n) is 5.84. The first kappa shape index (κ1) is 23.4. The van der Waals surface area contributed by atoms with Gasteiger partial charge in [0.1, 0.15) is 11.5 Å². The van der Waals surface area contributed by atoms with Gasteiger partial charge in [0.25, 0.3) is 5.19 Å². The number of hydrogen-bond donors (Lipinski definition) is 1. The predicted molar refractivity (Wildman–Crippen MR) is 126 cm³/mol. The molecule has 1 aliphatic rings. The van der Waals surface area contributed by atoms with Crippen LogP contribution in [-0.4, -0.2) is 34.4 Å².